The summed E-state index contributed by atoms with van der Waals surface area (Å²) in [5.74, 6) is -1.12. The predicted octanol–water partition coefficient (Wildman–Crippen LogP) is 2.91. The van der Waals surface area contributed by atoms with Crippen molar-refractivity contribution in [1.82, 2.24) is 4.98 Å². The van der Waals surface area contributed by atoms with E-state index in [-0.39, 0.29) is 60.6 Å². The first-order valence-corrected chi connectivity index (χ1v) is 8.82. The Labute approximate surface area is 153 Å². The highest BCUT2D eigenvalue weighted by atomic mass is 16.5. The lowest BCUT2D eigenvalue weighted by atomic mass is 10.1. The molecule has 0 amide bonds. The summed E-state index contributed by atoms with van der Waals surface area (Å²) < 4.78 is 9.61. The fourth-order valence-corrected chi connectivity index (χ4v) is 2.25. The monoisotopic (exact) mass is 363 g/mol. The van der Waals surface area contributed by atoms with Gasteiger partial charge in [-0.2, -0.15) is 0 Å². The molecule has 0 aliphatic heterocycles. The van der Waals surface area contributed by atoms with Gasteiger partial charge in [0.05, 0.1) is 13.2 Å². The van der Waals surface area contributed by atoms with Gasteiger partial charge in [0.25, 0.3) is 0 Å². The summed E-state index contributed by atoms with van der Waals surface area (Å²) in [5.41, 5.74) is 0.398. The maximum Gasteiger partial charge on any atom is 0.305 e. The van der Waals surface area contributed by atoms with Crippen molar-refractivity contribution in [3.8, 4) is 0 Å². The number of hydrogen-bond acceptors (Lipinski definition) is 7. The van der Waals surface area contributed by atoms with E-state index in [2.05, 4.69) is 4.98 Å². The van der Waals surface area contributed by atoms with Crippen LogP contribution in [0, 0.1) is 0 Å². The minimum atomic E-state index is -0.334. The highest BCUT2D eigenvalue weighted by Gasteiger charge is 2.14. The molecule has 0 aliphatic rings. The van der Waals surface area contributed by atoms with Gasteiger partial charge in [-0.1, -0.05) is 6.07 Å². The first-order valence-electron chi connectivity index (χ1n) is 8.82. The van der Waals surface area contributed by atoms with Crippen molar-refractivity contribution in [2.45, 2.75) is 52.4 Å². The standard InChI is InChI=1S/C19H25NO6/c1-3-25-18(23)12-6-10-16(21)14-8-5-9-15(20-14)17(22)11-7-13-19(24)26-4-2/h5,8-9H,3-4,6-7,10-13H2,1-2H3. The number of ether oxygens (including phenoxy) is 2. The number of esters is 2. The molecule has 1 rings (SSSR count). The van der Waals surface area contributed by atoms with Gasteiger partial charge in [-0.25, -0.2) is 4.98 Å². The molecule has 142 valence electrons. The highest BCUT2D eigenvalue weighted by molar-refractivity contribution is 5.98. The molecule has 1 heterocycles. The summed E-state index contributed by atoms with van der Waals surface area (Å²) in [5, 5.41) is 0. The summed E-state index contributed by atoms with van der Waals surface area (Å²) in [4.78, 5) is 50.9. The van der Waals surface area contributed by atoms with Crippen LogP contribution < -0.4 is 0 Å². The maximum absolute atomic E-state index is 12.1. The van der Waals surface area contributed by atoms with E-state index in [1.54, 1.807) is 32.0 Å². The molecule has 0 N–H and O–H groups in total. The number of aromatic nitrogens is 1. The zero-order valence-electron chi connectivity index (χ0n) is 15.3. The first kappa shape index (κ1) is 21.5. The highest BCUT2D eigenvalue weighted by Crippen LogP contribution is 2.10. The van der Waals surface area contributed by atoms with Gasteiger partial charge < -0.3 is 9.47 Å². The fraction of sp³-hybridized carbons (Fsp3) is 0.526. The van der Waals surface area contributed by atoms with Gasteiger partial charge >= 0.3 is 11.9 Å². The molecular weight excluding hydrogens is 338 g/mol. The van der Waals surface area contributed by atoms with Crippen LogP contribution in [-0.4, -0.2) is 41.7 Å². The molecule has 0 atom stereocenters. The molecule has 1 aromatic heterocycles. The number of rotatable bonds is 12. The van der Waals surface area contributed by atoms with Crippen LogP contribution in [0.15, 0.2) is 18.2 Å². The lowest BCUT2D eigenvalue weighted by Crippen LogP contribution is -2.10. The van der Waals surface area contributed by atoms with Gasteiger partial charge in [0.2, 0.25) is 0 Å². The Hall–Kier alpha value is -2.57. The summed E-state index contributed by atoms with van der Waals surface area (Å²) in [6.45, 7) is 4.08. The van der Waals surface area contributed by atoms with E-state index < -0.39 is 0 Å². The van der Waals surface area contributed by atoms with Crippen molar-refractivity contribution in [3.05, 3.63) is 29.6 Å². The van der Waals surface area contributed by atoms with Crippen LogP contribution in [0.2, 0.25) is 0 Å². The summed E-state index contributed by atoms with van der Waals surface area (Å²) in [6, 6.07) is 4.69. The number of carbonyl (C=O) groups is 4. The van der Waals surface area contributed by atoms with Crippen LogP contribution in [0.3, 0.4) is 0 Å². The Kier molecular flexibility index (Phi) is 9.82. The number of carbonyl (C=O) groups excluding carboxylic acids is 4. The Morgan fingerprint density at radius 1 is 0.769 bits per heavy atom. The third-order valence-electron chi connectivity index (χ3n) is 3.50. The number of nitrogens with zero attached hydrogens (tertiary/aromatic N) is 1. The summed E-state index contributed by atoms with van der Waals surface area (Å²) in [6.07, 6.45) is 1.41. The molecule has 0 fully saturated rings. The molecule has 0 radical (unpaired) electrons. The van der Waals surface area contributed by atoms with Crippen LogP contribution in [0.5, 0.6) is 0 Å². The lowest BCUT2D eigenvalue weighted by Gasteiger charge is -2.05. The summed E-state index contributed by atoms with van der Waals surface area (Å²) >= 11 is 0. The minimum absolute atomic E-state index is 0.159. The van der Waals surface area contributed by atoms with Crippen molar-refractivity contribution >= 4 is 23.5 Å². The van der Waals surface area contributed by atoms with Crippen molar-refractivity contribution in [2.75, 3.05) is 13.2 Å². The molecule has 0 spiro atoms. The zero-order chi connectivity index (χ0) is 19.4. The van der Waals surface area contributed by atoms with Crippen molar-refractivity contribution in [1.29, 1.82) is 0 Å². The zero-order valence-corrected chi connectivity index (χ0v) is 15.3. The molecule has 7 heteroatoms. The first-order chi connectivity index (χ1) is 12.5. The fourth-order valence-electron chi connectivity index (χ4n) is 2.25. The Morgan fingerprint density at radius 3 is 1.58 bits per heavy atom. The Morgan fingerprint density at radius 2 is 1.19 bits per heavy atom. The second-order valence-electron chi connectivity index (χ2n) is 5.57. The summed E-state index contributed by atoms with van der Waals surface area (Å²) in [7, 11) is 0. The van der Waals surface area contributed by atoms with Gasteiger partial charge in [0.1, 0.15) is 11.4 Å². The van der Waals surface area contributed by atoms with Crippen molar-refractivity contribution in [2.24, 2.45) is 0 Å². The predicted molar refractivity (Wildman–Crippen MR) is 93.9 cm³/mol. The number of Topliss-reactive ketones (excluding diaryl/α,β-unsaturated/α-hetero) is 2. The number of ketones is 2. The lowest BCUT2D eigenvalue weighted by molar-refractivity contribution is -0.144. The minimum Gasteiger partial charge on any atom is -0.466 e. The molecule has 7 nitrogen and oxygen atoms in total. The molecule has 0 unspecified atom stereocenters. The van der Waals surface area contributed by atoms with E-state index in [1.807, 2.05) is 0 Å². The normalized spacial score (nSPS) is 10.2. The molecular formula is C19H25NO6. The molecule has 0 aromatic carbocycles. The van der Waals surface area contributed by atoms with Gasteiger partial charge in [-0.3, -0.25) is 19.2 Å². The molecule has 1 aromatic rings. The second kappa shape index (κ2) is 11.9. The van der Waals surface area contributed by atoms with Gasteiger partial charge in [0.15, 0.2) is 11.6 Å². The average molecular weight is 363 g/mol. The third-order valence-corrected chi connectivity index (χ3v) is 3.50. The molecule has 26 heavy (non-hydrogen) atoms. The van der Waals surface area contributed by atoms with E-state index >= 15 is 0 Å². The van der Waals surface area contributed by atoms with Crippen LogP contribution in [-0.2, 0) is 19.1 Å². The average Bonchev–Trinajstić information content (AvgIpc) is 2.62. The van der Waals surface area contributed by atoms with Gasteiger partial charge in [0, 0.05) is 25.7 Å². The Bertz CT molecular complexity index is 589. The molecule has 0 saturated heterocycles. The third kappa shape index (κ3) is 8.00. The van der Waals surface area contributed by atoms with Crippen LogP contribution in [0.25, 0.3) is 0 Å². The van der Waals surface area contributed by atoms with E-state index in [0.29, 0.717) is 26.1 Å². The largest absolute Gasteiger partial charge is 0.466 e. The van der Waals surface area contributed by atoms with E-state index in [4.69, 9.17) is 9.47 Å². The van der Waals surface area contributed by atoms with E-state index in [1.165, 1.54) is 0 Å². The van der Waals surface area contributed by atoms with Crippen LogP contribution in [0.4, 0.5) is 0 Å². The Balaban J connectivity index is 2.50. The van der Waals surface area contributed by atoms with Crippen molar-refractivity contribution in [3.63, 3.8) is 0 Å². The topological polar surface area (TPSA) is 99.6 Å². The van der Waals surface area contributed by atoms with Crippen LogP contribution >= 0.6 is 0 Å². The van der Waals surface area contributed by atoms with Crippen molar-refractivity contribution < 1.29 is 28.7 Å². The van der Waals surface area contributed by atoms with Gasteiger partial charge in [-0.15, -0.1) is 0 Å². The van der Waals surface area contributed by atoms with E-state index in [9.17, 15) is 19.2 Å². The molecule has 0 saturated carbocycles. The molecule has 0 bridgehead atoms. The maximum atomic E-state index is 12.1. The second-order valence-corrected chi connectivity index (χ2v) is 5.57. The smallest absolute Gasteiger partial charge is 0.305 e. The SMILES string of the molecule is CCOC(=O)CCCC(=O)c1cccc(C(=O)CCCC(=O)OCC)n1. The quantitative estimate of drug-likeness (QED) is 0.416. The van der Waals surface area contributed by atoms with Crippen LogP contribution in [0.1, 0.15) is 73.3 Å². The molecule has 0 aliphatic carbocycles. The van der Waals surface area contributed by atoms with E-state index in [0.717, 1.165) is 0 Å². The number of hydrogen-bond donors (Lipinski definition) is 0. The van der Waals surface area contributed by atoms with Gasteiger partial charge in [-0.05, 0) is 38.8 Å². The number of pyridine rings is 1.